The van der Waals surface area contributed by atoms with Crippen molar-refractivity contribution in [1.82, 2.24) is 19.7 Å². The average molecular weight is 414 g/mol. The normalized spacial score (nSPS) is 15.0. The Hall–Kier alpha value is -3.69. The lowest BCUT2D eigenvalue weighted by Gasteiger charge is -2.13. The van der Waals surface area contributed by atoms with Gasteiger partial charge in [-0.1, -0.05) is 40.9 Å². The minimum absolute atomic E-state index is 0.248. The second-order valence-electron chi connectivity index (χ2n) is 7.00. The molecule has 2 aromatic heterocycles. The van der Waals surface area contributed by atoms with Crippen LogP contribution in [-0.2, 0) is 0 Å². The van der Waals surface area contributed by atoms with Crippen LogP contribution < -0.4 is 0 Å². The number of aryl methyl sites for hydroxylation is 1. The molecule has 0 aliphatic carbocycles. The molecule has 0 N–H and O–H groups in total. The molecule has 0 spiro atoms. The number of aromatic nitrogens is 4. The highest BCUT2D eigenvalue weighted by Crippen LogP contribution is 2.36. The van der Waals surface area contributed by atoms with Crippen LogP contribution in [0, 0.1) is 19.3 Å². The van der Waals surface area contributed by atoms with Gasteiger partial charge in [0.05, 0.1) is 23.1 Å². The van der Waals surface area contributed by atoms with Gasteiger partial charge < -0.3 is 4.52 Å². The highest BCUT2D eigenvalue weighted by atomic mass is 35.5. The summed E-state index contributed by atoms with van der Waals surface area (Å²) in [5.41, 5.74) is 5.64. The first kappa shape index (κ1) is 18.3. The molecule has 1 aliphatic heterocycles. The monoisotopic (exact) mass is 413 g/mol. The van der Waals surface area contributed by atoms with Gasteiger partial charge in [0.15, 0.2) is 11.5 Å². The molecule has 0 fully saturated rings. The van der Waals surface area contributed by atoms with Crippen molar-refractivity contribution in [1.29, 1.82) is 0 Å². The Balaban J connectivity index is 1.81. The largest absolute Gasteiger partial charge is 0.332 e. The van der Waals surface area contributed by atoms with Crippen molar-refractivity contribution in [3.63, 3.8) is 0 Å². The van der Waals surface area contributed by atoms with E-state index in [9.17, 15) is 0 Å². The second kappa shape index (κ2) is 6.97. The van der Waals surface area contributed by atoms with E-state index in [2.05, 4.69) is 21.0 Å². The molecule has 0 bridgehead atoms. The maximum absolute atomic E-state index is 6.54. The third-order valence-corrected chi connectivity index (χ3v) is 5.39. The van der Waals surface area contributed by atoms with Crippen molar-refractivity contribution in [2.75, 3.05) is 0 Å². The molecular formula is C23H16ClN5O. The van der Waals surface area contributed by atoms with Crippen LogP contribution in [0.5, 0.6) is 0 Å². The van der Waals surface area contributed by atoms with Gasteiger partial charge in [-0.25, -0.2) is 4.98 Å². The third kappa shape index (κ3) is 2.83. The fraction of sp³-hybridized carbons (Fsp3) is 0.130. The Labute approximate surface area is 178 Å². The summed E-state index contributed by atoms with van der Waals surface area (Å²) in [6, 6.07) is 13.2. The van der Waals surface area contributed by atoms with Gasteiger partial charge in [0.2, 0.25) is 0 Å². The molecule has 0 unspecified atom stereocenters. The smallest absolute Gasteiger partial charge is 0.278 e. The minimum atomic E-state index is -0.248. The second-order valence-corrected chi connectivity index (χ2v) is 7.41. The number of nitrogens with zero attached hydrogens (tertiary/aromatic N) is 5. The first-order chi connectivity index (χ1) is 14.6. The summed E-state index contributed by atoms with van der Waals surface area (Å²) in [5.74, 6) is 3.62. The van der Waals surface area contributed by atoms with Gasteiger partial charge >= 0.3 is 0 Å². The molecule has 0 saturated carbocycles. The summed E-state index contributed by atoms with van der Waals surface area (Å²) in [6.07, 6.45) is 7.43. The Morgan fingerprint density at radius 3 is 2.73 bits per heavy atom. The maximum Gasteiger partial charge on any atom is 0.278 e. The number of imidazole rings is 1. The minimum Gasteiger partial charge on any atom is -0.332 e. The summed E-state index contributed by atoms with van der Waals surface area (Å²) in [6.45, 7) is 3.78. The van der Waals surface area contributed by atoms with Crippen molar-refractivity contribution in [3.8, 4) is 29.6 Å². The number of halogens is 1. The third-order valence-electron chi connectivity index (χ3n) is 5.06. The summed E-state index contributed by atoms with van der Waals surface area (Å²) in [7, 11) is 0. The van der Waals surface area contributed by atoms with E-state index >= 15 is 0 Å². The number of rotatable bonds is 2. The molecule has 1 atom stereocenters. The fourth-order valence-corrected chi connectivity index (χ4v) is 3.95. The molecule has 30 heavy (non-hydrogen) atoms. The molecule has 3 heterocycles. The van der Waals surface area contributed by atoms with Crippen LogP contribution >= 0.6 is 11.6 Å². The standard InChI is InChI=1S/C23H16ClN5O/c1-4-15-9-10-19-17(11-15)20(16-7-5-6-8-18(16)24)26-13(2)22-21(25-12-29(19)22)23-27-14(3)28-30-23/h1,5-13H,2-3H3/t13-/m0/s1. The first-order valence-corrected chi connectivity index (χ1v) is 9.76. The summed E-state index contributed by atoms with van der Waals surface area (Å²) in [4.78, 5) is 14.0. The predicted molar refractivity (Wildman–Crippen MR) is 115 cm³/mol. The first-order valence-electron chi connectivity index (χ1n) is 9.39. The molecule has 6 nitrogen and oxygen atoms in total. The SMILES string of the molecule is C#Cc1ccc2c(c1)C(c1ccccc1Cl)=N[C@@H](C)c1c(-c3nc(C)no3)ncn1-2. The number of terminal acetylenes is 1. The Kier molecular flexibility index (Phi) is 4.27. The lowest BCUT2D eigenvalue weighted by Crippen LogP contribution is -2.08. The van der Waals surface area contributed by atoms with Crippen LogP contribution in [0.3, 0.4) is 0 Å². The topological polar surface area (TPSA) is 69.1 Å². The number of fused-ring (bicyclic) bond motifs is 3. The fourth-order valence-electron chi connectivity index (χ4n) is 3.72. The van der Waals surface area contributed by atoms with E-state index in [1.165, 1.54) is 0 Å². The molecule has 0 amide bonds. The zero-order chi connectivity index (χ0) is 20.8. The van der Waals surface area contributed by atoms with Gasteiger partial charge in [-0.05, 0) is 38.1 Å². The van der Waals surface area contributed by atoms with E-state index in [-0.39, 0.29) is 6.04 Å². The van der Waals surface area contributed by atoms with Gasteiger partial charge in [0, 0.05) is 21.7 Å². The van der Waals surface area contributed by atoms with E-state index in [4.69, 9.17) is 27.5 Å². The van der Waals surface area contributed by atoms with Gasteiger partial charge in [-0.3, -0.25) is 9.56 Å². The zero-order valence-electron chi connectivity index (χ0n) is 16.3. The maximum atomic E-state index is 6.54. The molecule has 4 aromatic rings. The van der Waals surface area contributed by atoms with Gasteiger partial charge in [0.25, 0.3) is 5.89 Å². The summed E-state index contributed by atoms with van der Waals surface area (Å²) >= 11 is 6.54. The zero-order valence-corrected chi connectivity index (χ0v) is 17.1. The highest BCUT2D eigenvalue weighted by Gasteiger charge is 2.29. The van der Waals surface area contributed by atoms with Crippen molar-refractivity contribution in [2.24, 2.45) is 4.99 Å². The summed E-state index contributed by atoms with van der Waals surface area (Å²) < 4.78 is 7.39. The van der Waals surface area contributed by atoms with E-state index in [1.807, 2.05) is 54.0 Å². The van der Waals surface area contributed by atoms with Crippen LogP contribution in [-0.4, -0.2) is 25.4 Å². The Morgan fingerprint density at radius 2 is 2.00 bits per heavy atom. The van der Waals surface area contributed by atoms with E-state index in [1.54, 1.807) is 13.3 Å². The molecule has 146 valence electrons. The van der Waals surface area contributed by atoms with E-state index in [0.29, 0.717) is 22.4 Å². The van der Waals surface area contributed by atoms with Crippen LogP contribution in [0.2, 0.25) is 5.02 Å². The number of aliphatic imine (C=N–C) groups is 1. The lowest BCUT2D eigenvalue weighted by atomic mass is 9.98. The molecule has 0 saturated heterocycles. The molecule has 7 heteroatoms. The average Bonchev–Trinajstić information content (AvgIpc) is 3.35. The van der Waals surface area contributed by atoms with Crippen LogP contribution in [0.1, 0.15) is 41.2 Å². The van der Waals surface area contributed by atoms with Gasteiger partial charge in [-0.2, -0.15) is 4.98 Å². The molecule has 1 aliphatic rings. The Bertz CT molecular complexity index is 1360. The van der Waals surface area contributed by atoms with E-state index < -0.39 is 0 Å². The number of hydrogen-bond acceptors (Lipinski definition) is 5. The molecule has 5 rings (SSSR count). The van der Waals surface area contributed by atoms with Gasteiger partial charge in [0.1, 0.15) is 6.33 Å². The highest BCUT2D eigenvalue weighted by molar-refractivity contribution is 6.35. The molecule has 2 aromatic carbocycles. The van der Waals surface area contributed by atoms with Gasteiger partial charge in [-0.15, -0.1) is 6.42 Å². The Morgan fingerprint density at radius 1 is 1.17 bits per heavy atom. The quantitative estimate of drug-likeness (QED) is 0.443. The van der Waals surface area contributed by atoms with E-state index in [0.717, 1.165) is 33.8 Å². The van der Waals surface area contributed by atoms with Crippen LogP contribution in [0.15, 0.2) is 58.3 Å². The predicted octanol–water partition coefficient (Wildman–Crippen LogP) is 4.78. The summed E-state index contributed by atoms with van der Waals surface area (Å²) in [5, 5.41) is 4.52. The lowest BCUT2D eigenvalue weighted by molar-refractivity contribution is 0.424. The van der Waals surface area contributed by atoms with Crippen molar-refractivity contribution in [3.05, 3.63) is 82.0 Å². The van der Waals surface area contributed by atoms with Crippen LogP contribution in [0.4, 0.5) is 0 Å². The molecular weight excluding hydrogens is 398 g/mol. The van der Waals surface area contributed by atoms with Crippen molar-refractivity contribution < 1.29 is 4.52 Å². The van der Waals surface area contributed by atoms with Crippen molar-refractivity contribution in [2.45, 2.75) is 19.9 Å². The molecule has 0 radical (unpaired) electrons. The number of benzene rings is 2. The van der Waals surface area contributed by atoms with Crippen LogP contribution in [0.25, 0.3) is 17.3 Å². The number of hydrogen-bond donors (Lipinski definition) is 0. The van der Waals surface area contributed by atoms with Crippen molar-refractivity contribution >= 4 is 17.3 Å².